The summed E-state index contributed by atoms with van der Waals surface area (Å²) >= 11 is 3.34. The second-order valence-electron chi connectivity index (χ2n) is 5.61. The predicted molar refractivity (Wildman–Crippen MR) is 108 cm³/mol. The lowest BCUT2D eigenvalue weighted by Crippen LogP contribution is -2.32. The highest BCUT2D eigenvalue weighted by molar-refractivity contribution is 9.10. The van der Waals surface area contributed by atoms with Gasteiger partial charge < -0.3 is 14.5 Å². The molecule has 1 aromatic heterocycles. The molecular weight excluding hydrogens is 430 g/mol. The molecule has 8 nitrogen and oxygen atoms in total. The smallest absolute Gasteiger partial charge is 0.349 e. The summed E-state index contributed by atoms with van der Waals surface area (Å²) in [5.74, 6) is -0.152. The zero-order valence-electron chi connectivity index (χ0n) is 14.8. The molecule has 28 heavy (non-hydrogen) atoms. The first kappa shape index (κ1) is 19.6. The molecule has 0 spiro atoms. The van der Waals surface area contributed by atoms with Crippen molar-refractivity contribution in [3.05, 3.63) is 73.3 Å². The maximum atomic E-state index is 12.5. The maximum absolute atomic E-state index is 12.5. The van der Waals surface area contributed by atoms with Crippen molar-refractivity contribution in [1.29, 1.82) is 0 Å². The Morgan fingerprint density at radius 3 is 2.82 bits per heavy atom. The SMILES string of the molecule is CCOC(=O)COc1ccc(Br)cc1C=Nn1c(=O)[nH]c2ccccc2c1=O. The molecule has 0 atom stereocenters. The number of halogens is 1. The van der Waals surface area contributed by atoms with Gasteiger partial charge in [0.1, 0.15) is 5.75 Å². The Morgan fingerprint density at radius 1 is 1.25 bits per heavy atom. The lowest BCUT2D eigenvalue weighted by molar-refractivity contribution is -0.145. The molecule has 0 aliphatic heterocycles. The standard InChI is InChI=1S/C19H16BrN3O5/c1-2-27-17(24)11-28-16-8-7-13(20)9-12(16)10-21-23-18(25)14-5-3-4-6-15(14)22-19(23)26/h3-10H,2,11H2,1H3,(H,22,26). The van der Waals surface area contributed by atoms with Gasteiger partial charge in [-0.3, -0.25) is 4.79 Å². The van der Waals surface area contributed by atoms with E-state index in [1.165, 1.54) is 6.21 Å². The maximum Gasteiger partial charge on any atom is 0.349 e. The fourth-order valence-electron chi connectivity index (χ4n) is 2.47. The second-order valence-corrected chi connectivity index (χ2v) is 6.53. The number of carbonyl (C=O) groups excluding carboxylic acids is 1. The van der Waals surface area contributed by atoms with E-state index in [0.717, 1.165) is 9.15 Å². The van der Waals surface area contributed by atoms with Crippen LogP contribution in [0.15, 0.2) is 61.6 Å². The summed E-state index contributed by atoms with van der Waals surface area (Å²) in [6.45, 7) is 1.69. The molecule has 0 saturated heterocycles. The second kappa shape index (κ2) is 8.66. The summed E-state index contributed by atoms with van der Waals surface area (Å²) in [6, 6.07) is 11.7. The number of esters is 1. The highest BCUT2D eigenvalue weighted by Gasteiger charge is 2.09. The predicted octanol–water partition coefficient (Wildman–Crippen LogP) is 2.28. The van der Waals surface area contributed by atoms with Crippen LogP contribution in [0.1, 0.15) is 12.5 Å². The Morgan fingerprint density at radius 2 is 2.04 bits per heavy atom. The summed E-state index contributed by atoms with van der Waals surface area (Å²) in [7, 11) is 0. The van der Waals surface area contributed by atoms with Crippen molar-refractivity contribution in [3.8, 4) is 5.75 Å². The highest BCUT2D eigenvalue weighted by Crippen LogP contribution is 2.22. The lowest BCUT2D eigenvalue weighted by Gasteiger charge is -2.09. The molecule has 3 rings (SSSR count). The first-order valence-electron chi connectivity index (χ1n) is 8.36. The zero-order valence-corrected chi connectivity index (χ0v) is 16.4. The van der Waals surface area contributed by atoms with Gasteiger partial charge in [0.05, 0.1) is 23.7 Å². The van der Waals surface area contributed by atoms with Crippen LogP contribution < -0.4 is 16.0 Å². The molecule has 0 saturated carbocycles. The van der Waals surface area contributed by atoms with Gasteiger partial charge in [-0.1, -0.05) is 28.1 Å². The number of carbonyl (C=O) groups is 1. The number of para-hydroxylation sites is 1. The number of aromatic nitrogens is 2. The summed E-state index contributed by atoms with van der Waals surface area (Å²) < 4.78 is 11.8. The summed E-state index contributed by atoms with van der Waals surface area (Å²) in [6.07, 6.45) is 1.32. The van der Waals surface area contributed by atoms with E-state index in [-0.39, 0.29) is 13.2 Å². The van der Waals surface area contributed by atoms with E-state index in [2.05, 4.69) is 26.0 Å². The first-order chi connectivity index (χ1) is 13.5. The number of nitrogens with zero attached hydrogens (tertiary/aromatic N) is 2. The van der Waals surface area contributed by atoms with Gasteiger partial charge in [0.2, 0.25) is 0 Å². The molecule has 0 aliphatic rings. The molecule has 1 heterocycles. The molecular formula is C19H16BrN3O5. The molecule has 0 unspecified atom stereocenters. The number of benzene rings is 2. The van der Waals surface area contributed by atoms with Crippen LogP contribution in [0.25, 0.3) is 10.9 Å². The summed E-state index contributed by atoms with van der Waals surface area (Å²) in [5, 5.41) is 4.35. The normalized spacial score (nSPS) is 11.1. The molecule has 2 aromatic carbocycles. The third kappa shape index (κ3) is 4.37. The molecule has 3 aromatic rings. The van der Waals surface area contributed by atoms with Gasteiger partial charge >= 0.3 is 11.7 Å². The highest BCUT2D eigenvalue weighted by atomic mass is 79.9. The van der Waals surface area contributed by atoms with Gasteiger partial charge in [-0.05, 0) is 37.3 Å². The third-order valence-electron chi connectivity index (χ3n) is 3.72. The van der Waals surface area contributed by atoms with E-state index < -0.39 is 17.2 Å². The van der Waals surface area contributed by atoms with Crippen molar-refractivity contribution in [2.75, 3.05) is 13.2 Å². The number of fused-ring (bicyclic) bond motifs is 1. The number of hydrogen-bond donors (Lipinski definition) is 1. The molecule has 0 bridgehead atoms. The molecule has 0 fully saturated rings. The van der Waals surface area contributed by atoms with Gasteiger partial charge in [-0.15, -0.1) is 4.68 Å². The monoisotopic (exact) mass is 445 g/mol. The Kier molecular flexibility index (Phi) is 6.05. The lowest BCUT2D eigenvalue weighted by atomic mass is 10.2. The van der Waals surface area contributed by atoms with Crippen LogP contribution in [-0.4, -0.2) is 35.1 Å². The van der Waals surface area contributed by atoms with Crippen LogP contribution >= 0.6 is 15.9 Å². The topological polar surface area (TPSA) is 103 Å². The Hall–Kier alpha value is -3.20. The fraction of sp³-hybridized carbons (Fsp3) is 0.158. The van der Waals surface area contributed by atoms with Crippen molar-refractivity contribution in [2.45, 2.75) is 6.92 Å². The van der Waals surface area contributed by atoms with Crippen LogP contribution in [0.4, 0.5) is 0 Å². The van der Waals surface area contributed by atoms with Crippen molar-refractivity contribution >= 4 is 39.0 Å². The van der Waals surface area contributed by atoms with Crippen LogP contribution in [-0.2, 0) is 9.53 Å². The molecule has 9 heteroatoms. The van der Waals surface area contributed by atoms with Crippen LogP contribution in [0.3, 0.4) is 0 Å². The average molecular weight is 446 g/mol. The van der Waals surface area contributed by atoms with E-state index in [4.69, 9.17) is 9.47 Å². The van der Waals surface area contributed by atoms with E-state index in [1.807, 2.05) is 0 Å². The van der Waals surface area contributed by atoms with E-state index in [9.17, 15) is 14.4 Å². The van der Waals surface area contributed by atoms with Crippen LogP contribution in [0.5, 0.6) is 5.75 Å². The number of H-pyrrole nitrogens is 1. The number of aromatic amines is 1. The number of rotatable bonds is 6. The molecule has 0 radical (unpaired) electrons. The number of nitrogens with one attached hydrogen (secondary N) is 1. The molecule has 0 amide bonds. The Bertz CT molecular complexity index is 1170. The van der Waals surface area contributed by atoms with Crippen LogP contribution in [0, 0.1) is 0 Å². The summed E-state index contributed by atoms with van der Waals surface area (Å²) in [5.41, 5.74) is -0.300. The zero-order chi connectivity index (χ0) is 20.1. The van der Waals surface area contributed by atoms with Crippen LogP contribution in [0.2, 0.25) is 0 Å². The van der Waals surface area contributed by atoms with Crippen molar-refractivity contribution < 1.29 is 14.3 Å². The Labute approximate surface area is 167 Å². The molecule has 1 N–H and O–H groups in total. The van der Waals surface area contributed by atoms with Crippen molar-refractivity contribution in [1.82, 2.24) is 9.66 Å². The minimum atomic E-state index is -0.663. The summed E-state index contributed by atoms with van der Waals surface area (Å²) in [4.78, 5) is 38.9. The Balaban J connectivity index is 1.95. The van der Waals surface area contributed by atoms with Gasteiger partial charge in [-0.25, -0.2) is 9.59 Å². The fourth-order valence-corrected chi connectivity index (χ4v) is 2.85. The van der Waals surface area contributed by atoms with E-state index in [0.29, 0.717) is 22.2 Å². The quantitative estimate of drug-likeness (QED) is 0.463. The van der Waals surface area contributed by atoms with Gasteiger partial charge in [-0.2, -0.15) is 5.10 Å². The average Bonchev–Trinajstić information content (AvgIpc) is 2.67. The first-order valence-corrected chi connectivity index (χ1v) is 9.15. The number of hydrogen-bond acceptors (Lipinski definition) is 6. The van der Waals surface area contributed by atoms with E-state index in [1.54, 1.807) is 49.4 Å². The van der Waals surface area contributed by atoms with Crippen molar-refractivity contribution in [3.63, 3.8) is 0 Å². The minimum Gasteiger partial charge on any atom is -0.481 e. The van der Waals surface area contributed by atoms with E-state index >= 15 is 0 Å². The molecule has 144 valence electrons. The molecule has 0 aliphatic carbocycles. The van der Waals surface area contributed by atoms with Gasteiger partial charge in [0.15, 0.2) is 6.61 Å². The van der Waals surface area contributed by atoms with Gasteiger partial charge in [0, 0.05) is 10.0 Å². The number of ether oxygens (including phenoxy) is 2. The van der Waals surface area contributed by atoms with Gasteiger partial charge in [0.25, 0.3) is 5.56 Å². The third-order valence-corrected chi connectivity index (χ3v) is 4.21. The minimum absolute atomic E-state index is 0.254. The largest absolute Gasteiger partial charge is 0.481 e. The van der Waals surface area contributed by atoms with Crippen molar-refractivity contribution in [2.24, 2.45) is 5.10 Å².